The molecule has 2 rings (SSSR count). The number of nitrogens with one attached hydrogen (secondary N) is 1. The van der Waals surface area contributed by atoms with Gasteiger partial charge in [-0.25, -0.2) is 4.79 Å². The summed E-state index contributed by atoms with van der Waals surface area (Å²) in [6.07, 6.45) is -1.000. The molecule has 0 heterocycles. The van der Waals surface area contributed by atoms with E-state index in [4.69, 9.17) is 18.9 Å². The largest absolute Gasteiger partial charge is 0.493 e. The second kappa shape index (κ2) is 8.75. The Morgan fingerprint density at radius 3 is 2.12 bits per heavy atom. The van der Waals surface area contributed by atoms with E-state index < -0.39 is 18.0 Å². The van der Waals surface area contributed by atoms with E-state index in [0.29, 0.717) is 11.4 Å². The lowest BCUT2D eigenvalue weighted by atomic mass is 10.1. The molecule has 0 spiro atoms. The third-order valence-corrected chi connectivity index (χ3v) is 3.62. The monoisotopic (exact) mass is 359 g/mol. The third kappa shape index (κ3) is 4.24. The quantitative estimate of drug-likeness (QED) is 0.766. The van der Waals surface area contributed by atoms with Gasteiger partial charge in [0, 0.05) is 5.69 Å². The zero-order chi connectivity index (χ0) is 19.1. The number of carbonyl (C=O) groups excluding carboxylic acids is 2. The molecule has 138 valence electrons. The third-order valence-electron chi connectivity index (χ3n) is 3.62. The number of para-hydroxylation sites is 1. The maximum Gasteiger partial charge on any atom is 0.342 e. The molecular weight excluding hydrogens is 338 g/mol. The molecule has 0 saturated heterocycles. The van der Waals surface area contributed by atoms with Gasteiger partial charge in [0.1, 0.15) is 5.56 Å². The molecule has 0 aliphatic carbocycles. The summed E-state index contributed by atoms with van der Waals surface area (Å²) in [7, 11) is 4.32. The van der Waals surface area contributed by atoms with Gasteiger partial charge < -0.3 is 24.3 Å². The Morgan fingerprint density at radius 2 is 1.54 bits per heavy atom. The molecule has 0 radical (unpaired) electrons. The fraction of sp³-hybridized carbons (Fsp3) is 0.263. The number of rotatable bonds is 7. The van der Waals surface area contributed by atoms with Crippen molar-refractivity contribution in [3.8, 4) is 17.2 Å². The fourth-order valence-corrected chi connectivity index (χ4v) is 2.30. The van der Waals surface area contributed by atoms with E-state index in [1.807, 2.05) is 6.07 Å². The average Bonchev–Trinajstić information content (AvgIpc) is 2.67. The normalized spacial score (nSPS) is 11.2. The summed E-state index contributed by atoms with van der Waals surface area (Å²) in [4.78, 5) is 24.7. The number of carbonyl (C=O) groups is 2. The van der Waals surface area contributed by atoms with Crippen LogP contribution in [0.2, 0.25) is 0 Å². The lowest BCUT2D eigenvalue weighted by molar-refractivity contribution is -0.123. The Labute approximate surface area is 151 Å². The highest BCUT2D eigenvalue weighted by atomic mass is 16.6. The number of benzene rings is 2. The molecule has 2 aromatic rings. The minimum atomic E-state index is -1.000. The average molecular weight is 359 g/mol. The lowest BCUT2D eigenvalue weighted by Gasteiger charge is -2.17. The highest BCUT2D eigenvalue weighted by Crippen LogP contribution is 2.40. The van der Waals surface area contributed by atoms with Crippen molar-refractivity contribution >= 4 is 17.6 Å². The number of amides is 1. The van der Waals surface area contributed by atoms with E-state index in [-0.39, 0.29) is 17.1 Å². The molecule has 0 saturated carbocycles. The molecule has 0 fully saturated rings. The van der Waals surface area contributed by atoms with Gasteiger partial charge in [-0.1, -0.05) is 18.2 Å². The van der Waals surface area contributed by atoms with E-state index >= 15 is 0 Å². The van der Waals surface area contributed by atoms with Gasteiger partial charge in [-0.15, -0.1) is 0 Å². The van der Waals surface area contributed by atoms with Gasteiger partial charge in [0.15, 0.2) is 17.6 Å². The molecule has 2 aromatic carbocycles. The van der Waals surface area contributed by atoms with Crippen LogP contribution in [0.5, 0.6) is 17.2 Å². The van der Waals surface area contributed by atoms with Crippen molar-refractivity contribution in [1.29, 1.82) is 0 Å². The summed E-state index contributed by atoms with van der Waals surface area (Å²) in [6, 6.07) is 12.0. The van der Waals surface area contributed by atoms with Gasteiger partial charge in [0.05, 0.1) is 21.3 Å². The molecule has 0 aromatic heterocycles. The zero-order valence-corrected chi connectivity index (χ0v) is 15.1. The molecule has 0 aliphatic rings. The molecule has 0 aliphatic heterocycles. The van der Waals surface area contributed by atoms with Gasteiger partial charge in [-0.3, -0.25) is 4.79 Å². The lowest BCUT2D eigenvalue weighted by Crippen LogP contribution is -2.30. The number of ether oxygens (including phenoxy) is 4. The highest BCUT2D eigenvalue weighted by Gasteiger charge is 2.25. The van der Waals surface area contributed by atoms with Gasteiger partial charge in [0.2, 0.25) is 5.75 Å². The topological polar surface area (TPSA) is 83.1 Å². The number of esters is 1. The number of hydrogen-bond donors (Lipinski definition) is 1. The van der Waals surface area contributed by atoms with Crippen LogP contribution in [0.4, 0.5) is 5.69 Å². The van der Waals surface area contributed by atoms with Crippen LogP contribution in [0.3, 0.4) is 0 Å². The van der Waals surface area contributed by atoms with E-state index in [1.165, 1.54) is 34.3 Å². The number of hydrogen-bond acceptors (Lipinski definition) is 6. The molecule has 26 heavy (non-hydrogen) atoms. The van der Waals surface area contributed by atoms with Crippen LogP contribution >= 0.6 is 0 Å². The van der Waals surface area contributed by atoms with Crippen LogP contribution < -0.4 is 19.5 Å². The predicted octanol–water partition coefficient (Wildman–Crippen LogP) is 2.90. The summed E-state index contributed by atoms with van der Waals surface area (Å²) in [5.41, 5.74) is 0.744. The molecular formula is C19H21NO6. The molecule has 1 amide bonds. The van der Waals surface area contributed by atoms with Crippen molar-refractivity contribution in [3.63, 3.8) is 0 Å². The Hall–Kier alpha value is -3.22. The van der Waals surface area contributed by atoms with Gasteiger partial charge >= 0.3 is 5.97 Å². The maximum atomic E-state index is 12.5. The summed E-state index contributed by atoms with van der Waals surface area (Å²) in [5, 5.41) is 2.68. The van der Waals surface area contributed by atoms with Crippen LogP contribution in [-0.2, 0) is 9.53 Å². The molecule has 7 nitrogen and oxygen atoms in total. The fourth-order valence-electron chi connectivity index (χ4n) is 2.30. The summed E-state index contributed by atoms with van der Waals surface area (Å²) >= 11 is 0. The Bertz CT molecular complexity index is 775. The summed E-state index contributed by atoms with van der Waals surface area (Å²) < 4.78 is 20.9. The van der Waals surface area contributed by atoms with Crippen molar-refractivity contribution in [2.24, 2.45) is 0 Å². The predicted molar refractivity (Wildman–Crippen MR) is 96.0 cm³/mol. The first-order chi connectivity index (χ1) is 12.5. The van der Waals surface area contributed by atoms with E-state index in [1.54, 1.807) is 30.3 Å². The van der Waals surface area contributed by atoms with Crippen LogP contribution in [-0.4, -0.2) is 39.3 Å². The minimum Gasteiger partial charge on any atom is -0.493 e. The maximum absolute atomic E-state index is 12.5. The molecule has 1 N–H and O–H groups in total. The van der Waals surface area contributed by atoms with Crippen LogP contribution in [0.1, 0.15) is 17.3 Å². The first kappa shape index (κ1) is 19.1. The van der Waals surface area contributed by atoms with E-state index in [2.05, 4.69) is 5.32 Å². The van der Waals surface area contributed by atoms with Gasteiger partial charge in [0.25, 0.3) is 5.91 Å². The smallest absolute Gasteiger partial charge is 0.342 e. The van der Waals surface area contributed by atoms with Crippen molar-refractivity contribution in [2.45, 2.75) is 13.0 Å². The molecule has 7 heteroatoms. The Kier molecular flexibility index (Phi) is 6.43. The second-order valence-electron chi connectivity index (χ2n) is 5.28. The number of anilines is 1. The van der Waals surface area contributed by atoms with Crippen LogP contribution in [0.25, 0.3) is 0 Å². The molecule has 0 bridgehead atoms. The summed E-state index contributed by atoms with van der Waals surface area (Å²) in [6.45, 7) is 1.49. The first-order valence-electron chi connectivity index (χ1n) is 7.87. The zero-order valence-electron chi connectivity index (χ0n) is 15.1. The highest BCUT2D eigenvalue weighted by molar-refractivity contribution is 5.99. The minimum absolute atomic E-state index is 0.129. The van der Waals surface area contributed by atoms with Crippen molar-refractivity contribution < 1.29 is 28.5 Å². The summed E-state index contributed by atoms with van der Waals surface area (Å²) in [5.74, 6) is -0.295. The molecule has 0 unspecified atom stereocenters. The van der Waals surface area contributed by atoms with E-state index in [0.717, 1.165) is 0 Å². The standard InChI is InChI=1S/C19H21NO6/c1-12(18(21)20-13-8-6-5-7-9-13)26-19(22)14-10-11-15(23-2)17(25-4)16(14)24-3/h5-12H,1-4H3,(H,20,21)/t12-/m0/s1. The first-order valence-corrected chi connectivity index (χ1v) is 7.87. The van der Waals surface area contributed by atoms with Crippen LogP contribution in [0, 0.1) is 0 Å². The van der Waals surface area contributed by atoms with Crippen molar-refractivity contribution in [3.05, 3.63) is 48.0 Å². The Balaban J connectivity index is 2.15. The SMILES string of the molecule is COc1ccc(C(=O)O[C@@H](C)C(=O)Nc2ccccc2)c(OC)c1OC. The van der Waals surface area contributed by atoms with E-state index in [9.17, 15) is 9.59 Å². The van der Waals surface area contributed by atoms with Gasteiger partial charge in [-0.2, -0.15) is 0 Å². The Morgan fingerprint density at radius 1 is 0.885 bits per heavy atom. The molecule has 1 atom stereocenters. The second-order valence-corrected chi connectivity index (χ2v) is 5.28. The van der Waals surface area contributed by atoms with Gasteiger partial charge in [-0.05, 0) is 31.2 Å². The van der Waals surface area contributed by atoms with Crippen molar-refractivity contribution in [1.82, 2.24) is 0 Å². The number of methoxy groups -OCH3 is 3. The van der Waals surface area contributed by atoms with Crippen molar-refractivity contribution in [2.75, 3.05) is 26.6 Å². The van der Waals surface area contributed by atoms with Crippen LogP contribution in [0.15, 0.2) is 42.5 Å².